The van der Waals surface area contributed by atoms with Gasteiger partial charge in [0.2, 0.25) is 0 Å². The molecule has 4 heteroatoms. The molecule has 1 aromatic carbocycles. The normalized spacial score (nSPS) is 10.0. The maximum atomic E-state index is 12.2. The lowest BCUT2D eigenvalue weighted by molar-refractivity contribution is 0.0772. The van der Waals surface area contributed by atoms with Crippen molar-refractivity contribution < 1.29 is 14.3 Å². The van der Waals surface area contributed by atoms with Crippen LogP contribution in [0.3, 0.4) is 0 Å². The highest BCUT2D eigenvalue weighted by Gasteiger charge is 2.15. The summed E-state index contributed by atoms with van der Waals surface area (Å²) in [6.45, 7) is 7.81. The van der Waals surface area contributed by atoms with Crippen molar-refractivity contribution in [3.05, 3.63) is 23.8 Å². The van der Waals surface area contributed by atoms with Gasteiger partial charge in [-0.1, -0.05) is 0 Å². The fourth-order valence-corrected chi connectivity index (χ4v) is 1.77. The molecule has 0 N–H and O–H groups in total. The largest absolute Gasteiger partial charge is 0.493 e. The Bertz CT molecular complexity index is 400. The summed E-state index contributed by atoms with van der Waals surface area (Å²) in [6, 6.07) is 5.28. The minimum absolute atomic E-state index is 0.0151. The van der Waals surface area contributed by atoms with E-state index in [1.54, 1.807) is 30.2 Å². The van der Waals surface area contributed by atoms with Gasteiger partial charge in [-0.05, 0) is 39.0 Å². The van der Waals surface area contributed by atoms with E-state index in [4.69, 9.17) is 9.47 Å². The molecule has 0 bridgehead atoms. The number of carbonyl (C=O) groups is 1. The van der Waals surface area contributed by atoms with E-state index >= 15 is 0 Å². The average molecular weight is 251 g/mol. The fourth-order valence-electron chi connectivity index (χ4n) is 1.77. The van der Waals surface area contributed by atoms with E-state index in [1.807, 2.05) is 20.8 Å². The number of carbonyl (C=O) groups excluding carboxylic acids is 1. The molecule has 0 aliphatic heterocycles. The van der Waals surface area contributed by atoms with Gasteiger partial charge in [0, 0.05) is 18.7 Å². The molecule has 0 radical (unpaired) electrons. The van der Waals surface area contributed by atoms with Crippen molar-refractivity contribution >= 4 is 5.91 Å². The van der Waals surface area contributed by atoms with Crippen molar-refractivity contribution in [2.45, 2.75) is 20.8 Å². The Labute approximate surface area is 108 Å². The van der Waals surface area contributed by atoms with E-state index in [2.05, 4.69) is 0 Å². The van der Waals surface area contributed by atoms with E-state index in [9.17, 15) is 4.79 Å². The van der Waals surface area contributed by atoms with Gasteiger partial charge in [-0.3, -0.25) is 4.79 Å². The molecule has 0 aliphatic rings. The van der Waals surface area contributed by atoms with Gasteiger partial charge in [-0.15, -0.1) is 0 Å². The van der Waals surface area contributed by atoms with Gasteiger partial charge < -0.3 is 14.4 Å². The summed E-state index contributed by atoms with van der Waals surface area (Å²) < 4.78 is 10.7. The summed E-state index contributed by atoms with van der Waals surface area (Å²) in [4.78, 5) is 13.9. The van der Waals surface area contributed by atoms with Crippen molar-refractivity contribution in [1.82, 2.24) is 4.90 Å². The van der Waals surface area contributed by atoms with Crippen LogP contribution in [0, 0.1) is 0 Å². The molecular formula is C14H21NO3. The first-order valence-corrected chi connectivity index (χ1v) is 6.27. The molecule has 0 unspecified atom stereocenters. The third kappa shape index (κ3) is 3.15. The minimum Gasteiger partial charge on any atom is -0.493 e. The van der Waals surface area contributed by atoms with Crippen LogP contribution < -0.4 is 9.47 Å². The lowest BCUT2D eigenvalue weighted by Crippen LogP contribution is -2.30. The molecule has 1 amide bonds. The van der Waals surface area contributed by atoms with Crippen LogP contribution in [0.1, 0.15) is 31.1 Å². The number of rotatable bonds is 6. The summed E-state index contributed by atoms with van der Waals surface area (Å²) in [7, 11) is 1.57. The van der Waals surface area contributed by atoms with E-state index in [0.29, 0.717) is 36.8 Å². The monoisotopic (exact) mass is 251 g/mol. The SMILES string of the molecule is CCOc1ccc(C(=O)N(CC)CC)cc1OC. The molecule has 4 nitrogen and oxygen atoms in total. The van der Waals surface area contributed by atoms with Gasteiger partial charge >= 0.3 is 0 Å². The van der Waals surface area contributed by atoms with E-state index in [1.165, 1.54) is 0 Å². The average Bonchev–Trinajstić information content (AvgIpc) is 2.40. The zero-order valence-corrected chi connectivity index (χ0v) is 11.5. The van der Waals surface area contributed by atoms with Crippen LogP contribution in [0.4, 0.5) is 0 Å². The Balaban J connectivity index is 3.01. The highest BCUT2D eigenvalue weighted by Crippen LogP contribution is 2.28. The lowest BCUT2D eigenvalue weighted by atomic mass is 10.1. The van der Waals surface area contributed by atoms with E-state index < -0.39 is 0 Å². The van der Waals surface area contributed by atoms with Crippen LogP contribution in [-0.4, -0.2) is 37.6 Å². The quantitative estimate of drug-likeness (QED) is 0.780. The molecule has 0 saturated heterocycles. The van der Waals surface area contributed by atoms with Gasteiger partial charge in [0.25, 0.3) is 5.91 Å². The molecule has 0 heterocycles. The van der Waals surface area contributed by atoms with Crippen LogP contribution in [0.25, 0.3) is 0 Å². The number of ether oxygens (including phenoxy) is 2. The zero-order chi connectivity index (χ0) is 13.5. The number of benzene rings is 1. The molecule has 18 heavy (non-hydrogen) atoms. The molecule has 0 spiro atoms. The second-order valence-corrected chi connectivity index (χ2v) is 3.78. The third-order valence-electron chi connectivity index (χ3n) is 2.76. The van der Waals surface area contributed by atoms with Crippen LogP contribution >= 0.6 is 0 Å². The Kier molecular flexibility index (Phi) is 5.49. The first-order chi connectivity index (χ1) is 8.67. The number of methoxy groups -OCH3 is 1. The summed E-state index contributed by atoms with van der Waals surface area (Å²) in [5.41, 5.74) is 0.624. The van der Waals surface area contributed by atoms with Crippen molar-refractivity contribution in [2.75, 3.05) is 26.8 Å². The van der Waals surface area contributed by atoms with Gasteiger partial charge in [0.1, 0.15) is 0 Å². The standard InChI is InChI=1S/C14H21NO3/c1-5-15(6-2)14(16)11-8-9-12(18-7-3)13(10-11)17-4/h8-10H,5-7H2,1-4H3. The molecule has 0 fully saturated rings. The predicted molar refractivity (Wildman–Crippen MR) is 71.4 cm³/mol. The number of hydrogen-bond donors (Lipinski definition) is 0. The maximum absolute atomic E-state index is 12.2. The maximum Gasteiger partial charge on any atom is 0.253 e. The number of nitrogens with zero attached hydrogens (tertiary/aromatic N) is 1. The van der Waals surface area contributed by atoms with Gasteiger partial charge in [0.15, 0.2) is 11.5 Å². The zero-order valence-electron chi connectivity index (χ0n) is 11.5. The van der Waals surface area contributed by atoms with Crippen LogP contribution in [0.5, 0.6) is 11.5 Å². The number of amides is 1. The van der Waals surface area contributed by atoms with Crippen molar-refractivity contribution in [3.63, 3.8) is 0 Å². The Morgan fingerprint density at radius 2 is 1.83 bits per heavy atom. The van der Waals surface area contributed by atoms with Crippen LogP contribution in [-0.2, 0) is 0 Å². The summed E-state index contributed by atoms with van der Waals surface area (Å²) in [5, 5.41) is 0. The molecule has 0 aromatic heterocycles. The smallest absolute Gasteiger partial charge is 0.253 e. The summed E-state index contributed by atoms with van der Waals surface area (Å²) >= 11 is 0. The fraction of sp³-hybridized carbons (Fsp3) is 0.500. The second-order valence-electron chi connectivity index (χ2n) is 3.78. The molecule has 100 valence electrons. The van der Waals surface area contributed by atoms with E-state index in [-0.39, 0.29) is 5.91 Å². The molecule has 1 rings (SSSR count). The Hall–Kier alpha value is -1.71. The number of hydrogen-bond acceptors (Lipinski definition) is 3. The van der Waals surface area contributed by atoms with Gasteiger partial charge in [-0.2, -0.15) is 0 Å². The lowest BCUT2D eigenvalue weighted by Gasteiger charge is -2.19. The predicted octanol–water partition coefficient (Wildman–Crippen LogP) is 2.58. The van der Waals surface area contributed by atoms with Crippen LogP contribution in [0.15, 0.2) is 18.2 Å². The van der Waals surface area contributed by atoms with E-state index in [0.717, 1.165) is 0 Å². The molecular weight excluding hydrogens is 230 g/mol. The van der Waals surface area contributed by atoms with Crippen LogP contribution in [0.2, 0.25) is 0 Å². The third-order valence-corrected chi connectivity index (χ3v) is 2.76. The Morgan fingerprint density at radius 3 is 2.33 bits per heavy atom. The molecule has 0 saturated carbocycles. The Morgan fingerprint density at radius 1 is 1.17 bits per heavy atom. The molecule has 0 aliphatic carbocycles. The van der Waals surface area contributed by atoms with Crippen molar-refractivity contribution in [2.24, 2.45) is 0 Å². The first-order valence-electron chi connectivity index (χ1n) is 6.27. The van der Waals surface area contributed by atoms with Crippen molar-refractivity contribution in [1.29, 1.82) is 0 Å². The highest BCUT2D eigenvalue weighted by atomic mass is 16.5. The van der Waals surface area contributed by atoms with Gasteiger partial charge in [0.05, 0.1) is 13.7 Å². The topological polar surface area (TPSA) is 38.8 Å². The summed E-state index contributed by atoms with van der Waals surface area (Å²) in [5.74, 6) is 1.27. The second kappa shape index (κ2) is 6.89. The highest BCUT2D eigenvalue weighted by molar-refractivity contribution is 5.94. The van der Waals surface area contributed by atoms with Gasteiger partial charge in [-0.25, -0.2) is 0 Å². The van der Waals surface area contributed by atoms with Crippen molar-refractivity contribution in [3.8, 4) is 11.5 Å². The summed E-state index contributed by atoms with van der Waals surface area (Å²) in [6.07, 6.45) is 0. The molecule has 1 aromatic rings. The molecule has 0 atom stereocenters. The minimum atomic E-state index is 0.0151. The first kappa shape index (κ1) is 14.4.